The molecule has 0 aliphatic carbocycles. The van der Waals surface area contributed by atoms with E-state index in [-0.39, 0.29) is 0 Å². The summed E-state index contributed by atoms with van der Waals surface area (Å²) in [7, 11) is 3.96. The number of hydrogen-bond acceptors (Lipinski definition) is 2. The number of nitrogens with zero attached hydrogens (tertiary/aromatic N) is 3. The molecule has 1 N–H and O–H groups in total. The van der Waals surface area contributed by atoms with Crippen LogP contribution in [0.25, 0.3) is 21.8 Å². The van der Waals surface area contributed by atoms with Crippen molar-refractivity contribution in [3.8, 4) is 0 Å². The van der Waals surface area contributed by atoms with Gasteiger partial charge >= 0.3 is 0 Å². The van der Waals surface area contributed by atoms with E-state index in [0.29, 0.717) is 0 Å². The van der Waals surface area contributed by atoms with Crippen molar-refractivity contribution >= 4 is 21.8 Å². The van der Waals surface area contributed by atoms with Crippen LogP contribution in [0.5, 0.6) is 0 Å². The number of nitrogens with one attached hydrogen (secondary N) is 1. The van der Waals surface area contributed by atoms with E-state index in [9.17, 15) is 0 Å². The molecule has 0 spiro atoms. The van der Waals surface area contributed by atoms with E-state index < -0.39 is 0 Å². The second kappa shape index (κ2) is 2.76. The molecule has 0 aliphatic heterocycles. The average Bonchev–Trinajstić information content (AvgIpc) is 2.77. The summed E-state index contributed by atoms with van der Waals surface area (Å²) in [6, 6.07) is 6.34. The molecule has 0 aliphatic rings. The Hall–Kier alpha value is -1.97. The zero-order valence-corrected chi connectivity index (χ0v) is 8.73. The number of fused-ring (bicyclic) bond motifs is 2. The Balaban J connectivity index is 2.41. The zero-order chi connectivity index (χ0) is 10.4. The lowest BCUT2D eigenvalue weighted by atomic mass is 10.2. The van der Waals surface area contributed by atoms with E-state index >= 15 is 0 Å². The molecule has 0 radical (unpaired) electrons. The summed E-state index contributed by atoms with van der Waals surface area (Å²) in [4.78, 5) is 5.09. The smallest absolute Gasteiger partial charge is 0.0927 e. The Morgan fingerprint density at radius 1 is 1.27 bits per heavy atom. The van der Waals surface area contributed by atoms with Crippen molar-refractivity contribution in [2.24, 2.45) is 0 Å². The van der Waals surface area contributed by atoms with Gasteiger partial charge in [0.05, 0.1) is 11.7 Å². The highest BCUT2D eigenvalue weighted by Crippen LogP contribution is 2.21. The molecule has 0 fully saturated rings. The third-order valence-electron chi connectivity index (χ3n) is 2.60. The van der Waals surface area contributed by atoms with Crippen LogP contribution in [0.4, 0.5) is 0 Å². The lowest BCUT2D eigenvalue weighted by Crippen LogP contribution is -2.25. The second-order valence-corrected chi connectivity index (χ2v) is 3.86. The van der Waals surface area contributed by atoms with Crippen molar-refractivity contribution in [1.82, 2.24) is 14.9 Å². The number of benzene rings is 1. The highest BCUT2D eigenvalue weighted by molar-refractivity contribution is 5.95. The van der Waals surface area contributed by atoms with Crippen LogP contribution >= 0.6 is 0 Å². The van der Waals surface area contributed by atoms with E-state index in [4.69, 9.17) is 0 Å². The van der Waals surface area contributed by atoms with Gasteiger partial charge in [0.15, 0.2) is 0 Å². The van der Waals surface area contributed by atoms with E-state index in [0.717, 1.165) is 16.4 Å². The standard InChI is InChI=1S/C11H12N4/c1-14(2)15-11-6-8-3-4-12-10(8)5-9(11)7-13-15/h3-7,12H,1-2H3. The van der Waals surface area contributed by atoms with Crippen LogP contribution in [0, 0.1) is 0 Å². The predicted molar refractivity (Wildman–Crippen MR) is 61.7 cm³/mol. The summed E-state index contributed by atoms with van der Waals surface area (Å²) in [6.45, 7) is 0. The third-order valence-corrected chi connectivity index (χ3v) is 2.60. The van der Waals surface area contributed by atoms with Crippen LogP contribution in [0.15, 0.2) is 30.6 Å². The Bertz CT molecular complexity index is 618. The molecule has 0 bridgehead atoms. The molecular weight excluding hydrogens is 188 g/mol. The van der Waals surface area contributed by atoms with Crippen LogP contribution in [0.2, 0.25) is 0 Å². The topological polar surface area (TPSA) is 36.9 Å². The van der Waals surface area contributed by atoms with Gasteiger partial charge in [0.25, 0.3) is 0 Å². The molecule has 3 rings (SSSR count). The normalized spacial score (nSPS) is 11.3. The van der Waals surface area contributed by atoms with Gasteiger partial charge < -0.3 is 9.99 Å². The zero-order valence-electron chi connectivity index (χ0n) is 8.73. The molecule has 2 aromatic heterocycles. The maximum atomic E-state index is 4.33. The predicted octanol–water partition coefficient (Wildman–Crippen LogP) is 1.72. The molecule has 15 heavy (non-hydrogen) atoms. The Labute approximate surface area is 87.1 Å². The summed E-state index contributed by atoms with van der Waals surface area (Å²) < 4.78 is 0. The highest BCUT2D eigenvalue weighted by atomic mass is 15.6. The fourth-order valence-electron chi connectivity index (χ4n) is 1.88. The molecule has 0 unspecified atom stereocenters. The van der Waals surface area contributed by atoms with Crippen molar-refractivity contribution in [3.63, 3.8) is 0 Å². The fraction of sp³-hybridized carbons (Fsp3) is 0.182. The molecule has 1 aromatic carbocycles. The van der Waals surface area contributed by atoms with Gasteiger partial charge in [0, 0.05) is 36.6 Å². The minimum atomic E-state index is 1.13. The van der Waals surface area contributed by atoms with Gasteiger partial charge in [-0.25, -0.2) is 0 Å². The van der Waals surface area contributed by atoms with Gasteiger partial charge in [-0.15, -0.1) is 0 Å². The first-order valence-electron chi connectivity index (χ1n) is 4.88. The quantitative estimate of drug-likeness (QED) is 0.649. The van der Waals surface area contributed by atoms with E-state index in [2.05, 4.69) is 28.3 Å². The molecule has 0 amide bonds. The minimum absolute atomic E-state index is 1.13. The first-order chi connectivity index (χ1) is 7.25. The van der Waals surface area contributed by atoms with E-state index in [1.54, 1.807) is 0 Å². The van der Waals surface area contributed by atoms with Gasteiger partial charge in [-0.3, -0.25) is 0 Å². The number of aromatic amines is 1. The largest absolute Gasteiger partial charge is 0.361 e. The third kappa shape index (κ3) is 1.11. The van der Waals surface area contributed by atoms with Crippen molar-refractivity contribution in [3.05, 3.63) is 30.6 Å². The lowest BCUT2D eigenvalue weighted by molar-refractivity contribution is 0.661. The molecule has 76 valence electrons. The number of hydrogen-bond donors (Lipinski definition) is 1. The van der Waals surface area contributed by atoms with Crippen molar-refractivity contribution in [2.75, 3.05) is 19.1 Å². The lowest BCUT2D eigenvalue weighted by Gasteiger charge is -2.13. The van der Waals surface area contributed by atoms with Gasteiger partial charge in [-0.2, -0.15) is 9.89 Å². The first-order valence-corrected chi connectivity index (χ1v) is 4.88. The van der Waals surface area contributed by atoms with Crippen LogP contribution in [-0.2, 0) is 0 Å². The van der Waals surface area contributed by atoms with Crippen molar-refractivity contribution in [2.45, 2.75) is 0 Å². The van der Waals surface area contributed by atoms with E-state index in [1.807, 2.05) is 36.3 Å². The Morgan fingerprint density at radius 3 is 2.93 bits per heavy atom. The molecule has 0 saturated heterocycles. The Morgan fingerprint density at radius 2 is 2.13 bits per heavy atom. The van der Waals surface area contributed by atoms with Crippen LogP contribution < -0.4 is 5.01 Å². The molecule has 0 atom stereocenters. The molecule has 4 nitrogen and oxygen atoms in total. The highest BCUT2D eigenvalue weighted by Gasteiger charge is 2.05. The van der Waals surface area contributed by atoms with Gasteiger partial charge in [-0.05, 0) is 18.2 Å². The van der Waals surface area contributed by atoms with Crippen molar-refractivity contribution in [1.29, 1.82) is 0 Å². The van der Waals surface area contributed by atoms with Crippen LogP contribution in [-0.4, -0.2) is 29.0 Å². The Kier molecular flexibility index (Phi) is 1.54. The number of rotatable bonds is 1. The summed E-state index contributed by atoms with van der Waals surface area (Å²) in [6.07, 6.45) is 3.84. The van der Waals surface area contributed by atoms with Gasteiger partial charge in [0.1, 0.15) is 0 Å². The van der Waals surface area contributed by atoms with E-state index in [1.165, 1.54) is 5.39 Å². The van der Waals surface area contributed by atoms with Crippen LogP contribution in [0.3, 0.4) is 0 Å². The average molecular weight is 200 g/mol. The molecule has 2 heterocycles. The summed E-state index contributed by atoms with van der Waals surface area (Å²) in [5.74, 6) is 0. The fourth-order valence-corrected chi connectivity index (χ4v) is 1.88. The molecule has 4 heteroatoms. The first kappa shape index (κ1) is 8.35. The van der Waals surface area contributed by atoms with Gasteiger partial charge in [0.2, 0.25) is 0 Å². The molecule has 3 aromatic rings. The minimum Gasteiger partial charge on any atom is -0.361 e. The summed E-state index contributed by atoms with van der Waals surface area (Å²) in [5.41, 5.74) is 2.29. The number of aromatic nitrogens is 3. The SMILES string of the molecule is CN(C)n1ncc2cc3[nH]ccc3cc21. The van der Waals surface area contributed by atoms with Gasteiger partial charge in [-0.1, -0.05) is 0 Å². The molecule has 0 saturated carbocycles. The summed E-state index contributed by atoms with van der Waals surface area (Å²) >= 11 is 0. The van der Waals surface area contributed by atoms with Crippen LogP contribution in [0.1, 0.15) is 0 Å². The van der Waals surface area contributed by atoms with Crippen molar-refractivity contribution < 1.29 is 0 Å². The maximum absolute atomic E-state index is 4.33. The summed E-state index contributed by atoms with van der Waals surface area (Å²) in [5, 5.41) is 8.65. The number of H-pyrrole nitrogens is 1. The maximum Gasteiger partial charge on any atom is 0.0927 e. The monoisotopic (exact) mass is 200 g/mol. The second-order valence-electron chi connectivity index (χ2n) is 3.86. The molecular formula is C11H12N4.